The molecule has 0 saturated heterocycles. The molecule has 0 aliphatic carbocycles. The van der Waals surface area contributed by atoms with Crippen LogP contribution in [-0.2, 0) is 11.8 Å². The molecule has 6 heterocycles. The second-order valence-electron chi connectivity index (χ2n) is 14.4. The molecule has 0 saturated carbocycles. The molecule has 0 amide bonds. The number of carbonyl (C=O) groups is 1. The van der Waals surface area contributed by atoms with Crippen molar-refractivity contribution < 1.29 is 4.79 Å². The number of aliphatic imine (C=N–C) groups is 4. The molecule has 1 aromatic carbocycles. The van der Waals surface area contributed by atoms with Gasteiger partial charge in [0.1, 0.15) is 5.82 Å². The van der Waals surface area contributed by atoms with Gasteiger partial charge in [0, 0.05) is 48.0 Å². The summed E-state index contributed by atoms with van der Waals surface area (Å²) >= 11 is 1.25. The summed E-state index contributed by atoms with van der Waals surface area (Å²) in [6, 6.07) is 8.21. The molecular weight excluding hydrogens is 685 g/mol. The molecule has 1 aromatic heterocycles. The fourth-order valence-corrected chi connectivity index (χ4v) is 8.12. The van der Waals surface area contributed by atoms with E-state index in [2.05, 4.69) is 74.6 Å². The average Bonchev–Trinajstić information content (AvgIpc) is 4.02. The van der Waals surface area contributed by atoms with Gasteiger partial charge in [-0.1, -0.05) is 89.1 Å². The molecule has 5 aliphatic rings. The number of allylic oxidation sites excluding steroid dienone is 12. The Morgan fingerprint density at radius 2 is 1.07 bits per heavy atom. The molecule has 8 heteroatoms. The highest BCUT2D eigenvalue weighted by Gasteiger charge is 2.27. The van der Waals surface area contributed by atoms with Crippen LogP contribution in [0.3, 0.4) is 0 Å². The van der Waals surface area contributed by atoms with Crippen molar-refractivity contribution in [3.05, 3.63) is 131 Å². The van der Waals surface area contributed by atoms with E-state index in [-0.39, 0.29) is 5.12 Å². The van der Waals surface area contributed by atoms with Crippen LogP contribution < -0.4 is 0 Å². The quantitative estimate of drug-likeness (QED) is 0.135. The van der Waals surface area contributed by atoms with E-state index < -0.39 is 0 Å². The van der Waals surface area contributed by atoms with Gasteiger partial charge in [-0.05, 0) is 92.0 Å². The third-order valence-electron chi connectivity index (χ3n) is 10.3. The number of carbonyl (C=O) groups excluding carboxylic acids is 1. The fraction of sp³-hybridized carbons (Fsp3) is 0.348. The molecule has 7 rings (SSSR count). The Kier molecular flexibility index (Phi) is 12.1. The summed E-state index contributed by atoms with van der Waals surface area (Å²) in [7, 11) is 2.03. The highest BCUT2D eigenvalue weighted by atomic mass is 32.2. The first-order valence-corrected chi connectivity index (χ1v) is 20.5. The van der Waals surface area contributed by atoms with Gasteiger partial charge < -0.3 is 4.57 Å². The monoisotopic (exact) mass is 734 g/mol. The second kappa shape index (κ2) is 17.5. The first-order valence-electron chi connectivity index (χ1n) is 19.7. The van der Waals surface area contributed by atoms with Crippen molar-refractivity contribution in [2.24, 2.45) is 27.0 Å². The molecule has 276 valence electrons. The molecule has 0 N–H and O–H groups in total. The van der Waals surface area contributed by atoms with Crippen LogP contribution in [0.2, 0.25) is 0 Å². The predicted octanol–water partition coefficient (Wildman–Crippen LogP) is 11.5. The zero-order valence-corrected chi connectivity index (χ0v) is 32.9. The standard InChI is InChI=1S/C46H50N6OS/c1-5-7-9-11-13-15-34-36-21-25-40(48-36)44(32-17-19-33(20-18-32)54-31(3)53)41-26-22-37(49-41)35(16-14-12-10-8-6-2)39-24-28-43(51-39)45(42-27-23-38(34)50-42)46-47-29-30-52(46)4/h17-30H,5-16H2,1-4H3. The molecule has 0 fully saturated rings. The molecule has 8 bridgehead atoms. The highest BCUT2D eigenvalue weighted by molar-refractivity contribution is 8.13. The van der Waals surface area contributed by atoms with Crippen LogP contribution >= 0.6 is 11.8 Å². The summed E-state index contributed by atoms with van der Waals surface area (Å²) in [4.78, 5) is 39.0. The summed E-state index contributed by atoms with van der Waals surface area (Å²) in [6.07, 6.45) is 34.5. The lowest BCUT2D eigenvalue weighted by Gasteiger charge is -2.12. The number of fused-ring (bicyclic) bond motifs is 4. The van der Waals surface area contributed by atoms with Gasteiger partial charge in [0.25, 0.3) is 0 Å². The number of hydrogen-bond donors (Lipinski definition) is 0. The van der Waals surface area contributed by atoms with Gasteiger partial charge in [0.15, 0.2) is 5.12 Å². The molecule has 0 atom stereocenters. The van der Waals surface area contributed by atoms with Crippen molar-refractivity contribution in [3.63, 3.8) is 0 Å². The number of imidazole rings is 1. The Hall–Kier alpha value is -4.95. The SMILES string of the molecule is CCCCCCCC1=C2C=CC(=N2)C(c2ccc(SC(C)=O)cc2)=C2C=CC(=N2)C(CCCCCCC)=C2C=CC(=N2)C(c2nccn2C)=C2C=CC1=N2. The number of rotatable bonds is 15. The van der Waals surface area contributed by atoms with Crippen LogP contribution in [0.15, 0.2) is 144 Å². The van der Waals surface area contributed by atoms with Crippen molar-refractivity contribution >= 4 is 50.9 Å². The molecule has 5 aliphatic heterocycles. The van der Waals surface area contributed by atoms with Crippen LogP contribution in [0.4, 0.5) is 0 Å². The van der Waals surface area contributed by atoms with Crippen LogP contribution in [0, 0.1) is 0 Å². The number of hydrogen-bond acceptors (Lipinski definition) is 7. The van der Waals surface area contributed by atoms with Crippen LogP contribution in [-0.4, -0.2) is 37.5 Å². The van der Waals surface area contributed by atoms with E-state index in [9.17, 15) is 4.79 Å². The summed E-state index contributed by atoms with van der Waals surface area (Å²) in [6.45, 7) is 6.11. The van der Waals surface area contributed by atoms with Gasteiger partial charge in [0.2, 0.25) is 0 Å². The van der Waals surface area contributed by atoms with Gasteiger partial charge in [0.05, 0.1) is 51.2 Å². The van der Waals surface area contributed by atoms with Gasteiger partial charge >= 0.3 is 0 Å². The van der Waals surface area contributed by atoms with Gasteiger partial charge in [-0.15, -0.1) is 0 Å². The normalized spacial score (nSPS) is 17.4. The van der Waals surface area contributed by atoms with E-state index in [1.807, 2.05) is 36.1 Å². The summed E-state index contributed by atoms with van der Waals surface area (Å²) in [5, 5.41) is 0.0681. The molecular formula is C46H50N6OS. The third kappa shape index (κ3) is 8.39. The van der Waals surface area contributed by atoms with E-state index in [0.29, 0.717) is 0 Å². The number of thioether (sulfide) groups is 1. The maximum Gasteiger partial charge on any atom is 0.190 e. The molecule has 2 aromatic rings. The van der Waals surface area contributed by atoms with E-state index in [1.165, 1.54) is 63.1 Å². The average molecular weight is 735 g/mol. The molecule has 0 spiro atoms. The van der Waals surface area contributed by atoms with E-state index in [1.54, 1.807) is 6.92 Å². The van der Waals surface area contributed by atoms with Crippen LogP contribution in [0.25, 0.3) is 11.1 Å². The van der Waals surface area contributed by atoms with E-state index in [4.69, 9.17) is 25.0 Å². The van der Waals surface area contributed by atoms with Crippen molar-refractivity contribution in [3.8, 4) is 0 Å². The number of nitrogens with zero attached hydrogens (tertiary/aromatic N) is 6. The van der Waals surface area contributed by atoms with Crippen molar-refractivity contribution in [2.75, 3.05) is 0 Å². The molecule has 0 unspecified atom stereocenters. The van der Waals surface area contributed by atoms with Gasteiger partial charge in [-0.3, -0.25) is 4.79 Å². The Balaban J connectivity index is 1.42. The Bertz CT molecular complexity index is 2180. The second-order valence-corrected chi connectivity index (χ2v) is 15.6. The first kappa shape index (κ1) is 37.4. The minimum absolute atomic E-state index is 0.0681. The van der Waals surface area contributed by atoms with Gasteiger partial charge in [-0.25, -0.2) is 25.0 Å². The van der Waals surface area contributed by atoms with Crippen molar-refractivity contribution in [1.82, 2.24) is 9.55 Å². The lowest BCUT2D eigenvalue weighted by Crippen LogP contribution is -2.07. The number of unbranched alkanes of at least 4 members (excludes halogenated alkanes) is 8. The van der Waals surface area contributed by atoms with Crippen molar-refractivity contribution in [2.45, 2.75) is 103 Å². The molecule has 7 nitrogen and oxygen atoms in total. The Morgan fingerprint density at radius 3 is 1.59 bits per heavy atom. The first-order chi connectivity index (χ1) is 26.4. The fourth-order valence-electron chi connectivity index (χ4n) is 7.51. The van der Waals surface area contributed by atoms with Crippen LogP contribution in [0.5, 0.6) is 0 Å². The zero-order chi connectivity index (χ0) is 37.4. The zero-order valence-electron chi connectivity index (χ0n) is 32.1. The largest absolute Gasteiger partial charge is 0.334 e. The number of aromatic nitrogens is 2. The van der Waals surface area contributed by atoms with Crippen molar-refractivity contribution in [1.29, 1.82) is 0 Å². The number of aryl methyl sites for hydroxylation is 1. The topological polar surface area (TPSA) is 84.3 Å². The Morgan fingerprint density at radius 1 is 0.593 bits per heavy atom. The maximum absolute atomic E-state index is 11.9. The summed E-state index contributed by atoms with van der Waals surface area (Å²) < 4.78 is 2.05. The third-order valence-corrected chi connectivity index (χ3v) is 11.1. The molecule has 0 radical (unpaired) electrons. The van der Waals surface area contributed by atoms with Crippen LogP contribution in [0.1, 0.15) is 109 Å². The lowest BCUT2D eigenvalue weighted by molar-refractivity contribution is -0.109. The minimum atomic E-state index is 0.0681. The molecule has 54 heavy (non-hydrogen) atoms. The van der Waals surface area contributed by atoms with E-state index >= 15 is 0 Å². The van der Waals surface area contributed by atoms with E-state index in [0.717, 1.165) is 110 Å². The highest BCUT2D eigenvalue weighted by Crippen LogP contribution is 2.37. The predicted molar refractivity (Wildman–Crippen MR) is 227 cm³/mol. The number of benzene rings is 1. The summed E-state index contributed by atoms with van der Waals surface area (Å²) in [5.41, 5.74) is 12.4. The summed E-state index contributed by atoms with van der Waals surface area (Å²) in [5.74, 6) is 0.835. The lowest BCUT2D eigenvalue weighted by atomic mass is 9.99. The smallest absolute Gasteiger partial charge is 0.190 e. The Labute approximate surface area is 324 Å². The maximum atomic E-state index is 11.9. The van der Waals surface area contributed by atoms with Gasteiger partial charge in [-0.2, -0.15) is 0 Å². The minimum Gasteiger partial charge on any atom is -0.334 e.